The number of nitrogens with zero attached hydrogens (tertiary/aromatic N) is 2. The zero-order valence-electron chi connectivity index (χ0n) is 16.4. The van der Waals surface area contributed by atoms with E-state index in [1.807, 2.05) is 60.7 Å². The van der Waals surface area contributed by atoms with E-state index in [0.717, 1.165) is 11.1 Å². The highest BCUT2D eigenvalue weighted by Gasteiger charge is 2.18. The number of ether oxygens (including phenoxy) is 2. The molecule has 2 N–H and O–H groups in total. The minimum absolute atomic E-state index is 0.173. The lowest BCUT2D eigenvalue weighted by atomic mass is 10.1. The van der Waals surface area contributed by atoms with Crippen molar-refractivity contribution in [1.82, 2.24) is 5.16 Å². The van der Waals surface area contributed by atoms with Gasteiger partial charge in [-0.1, -0.05) is 77.6 Å². The molecule has 1 heterocycles. The summed E-state index contributed by atoms with van der Waals surface area (Å²) in [5.41, 5.74) is 7.82. The molecule has 0 saturated heterocycles. The van der Waals surface area contributed by atoms with Gasteiger partial charge in [0.25, 0.3) is 0 Å². The summed E-state index contributed by atoms with van der Waals surface area (Å²) in [6, 6.07) is 20.0. The first-order valence-corrected chi connectivity index (χ1v) is 9.42. The number of aromatic nitrogens is 1. The largest absolute Gasteiger partial charge is 0.486 e. The van der Waals surface area contributed by atoms with Crippen molar-refractivity contribution >= 4 is 0 Å². The molecule has 0 aliphatic heterocycles. The Morgan fingerprint density at radius 2 is 1.67 bits per heavy atom. The third kappa shape index (κ3) is 5.89. The molecule has 3 rings (SSSR count). The molecule has 0 aliphatic rings. The third-order valence-electron chi connectivity index (χ3n) is 4.27. The lowest BCUT2D eigenvalue weighted by Gasteiger charge is -2.15. The van der Waals surface area contributed by atoms with Gasteiger partial charge in [-0.2, -0.15) is 0 Å². The van der Waals surface area contributed by atoms with Crippen molar-refractivity contribution < 1.29 is 14.0 Å². The second-order valence-electron chi connectivity index (χ2n) is 6.48. The molecule has 1 unspecified atom stereocenters. The van der Waals surface area contributed by atoms with E-state index in [1.165, 1.54) is 6.08 Å². The van der Waals surface area contributed by atoms with Crippen LogP contribution in [0.5, 0.6) is 0 Å². The molecule has 0 amide bonds. The quantitative estimate of drug-likeness (QED) is 0.280. The Hall–Kier alpha value is -3.71. The standard InChI is InChI=1S/C23H23N3O4/c1-17(28-15-18-8-4-2-5-9-18)23(29-16-19-10-6-3-7-11-19)13-21(25-27)22-12-20(14-24)30-26-22/h2-13,21H,1,14-16,24H2/b23-13+. The fourth-order valence-corrected chi connectivity index (χ4v) is 2.65. The topological polar surface area (TPSA) is 99.9 Å². The van der Waals surface area contributed by atoms with Crippen molar-refractivity contribution in [2.24, 2.45) is 10.9 Å². The van der Waals surface area contributed by atoms with Crippen molar-refractivity contribution in [3.63, 3.8) is 0 Å². The second kappa shape index (κ2) is 10.7. The summed E-state index contributed by atoms with van der Waals surface area (Å²) < 4.78 is 16.8. The number of hydrogen-bond acceptors (Lipinski definition) is 7. The molecule has 7 heteroatoms. The van der Waals surface area contributed by atoms with Gasteiger partial charge in [0.15, 0.2) is 23.3 Å². The van der Waals surface area contributed by atoms with Crippen LogP contribution in [0.3, 0.4) is 0 Å². The van der Waals surface area contributed by atoms with Gasteiger partial charge in [0.2, 0.25) is 0 Å². The molecule has 0 spiro atoms. The molecular formula is C23H23N3O4. The van der Waals surface area contributed by atoms with Crippen LogP contribution in [-0.4, -0.2) is 5.16 Å². The van der Waals surface area contributed by atoms with Crippen LogP contribution in [-0.2, 0) is 29.2 Å². The second-order valence-corrected chi connectivity index (χ2v) is 6.48. The molecular weight excluding hydrogens is 382 g/mol. The van der Waals surface area contributed by atoms with Crippen molar-refractivity contribution in [2.45, 2.75) is 25.8 Å². The average molecular weight is 405 g/mol. The summed E-state index contributed by atoms with van der Waals surface area (Å²) in [5, 5.41) is 7.00. The normalized spacial score (nSPS) is 12.2. The SMILES string of the molecule is C=C(OCc1ccccc1)/C(=C\C(N=O)c1cc(CN)on1)OCc1ccccc1. The highest BCUT2D eigenvalue weighted by Crippen LogP contribution is 2.25. The van der Waals surface area contributed by atoms with E-state index in [4.69, 9.17) is 19.7 Å². The maximum atomic E-state index is 11.5. The molecule has 0 fully saturated rings. The summed E-state index contributed by atoms with van der Waals surface area (Å²) in [7, 11) is 0. The Kier molecular flexibility index (Phi) is 7.51. The molecule has 0 saturated carbocycles. The Balaban J connectivity index is 1.78. The summed E-state index contributed by atoms with van der Waals surface area (Å²) in [4.78, 5) is 11.5. The smallest absolute Gasteiger partial charge is 0.159 e. The number of benzene rings is 2. The molecule has 0 radical (unpaired) electrons. The number of nitroso groups, excluding NO2 is 1. The Morgan fingerprint density at radius 3 is 2.20 bits per heavy atom. The van der Waals surface area contributed by atoms with Crippen LogP contribution in [0, 0.1) is 4.91 Å². The maximum Gasteiger partial charge on any atom is 0.159 e. The molecule has 2 aromatic carbocycles. The van der Waals surface area contributed by atoms with Crippen LogP contribution in [0.15, 0.2) is 101 Å². The molecule has 0 aliphatic carbocycles. The lowest BCUT2D eigenvalue weighted by Crippen LogP contribution is -2.03. The first kappa shape index (κ1) is 21.0. The minimum Gasteiger partial charge on any atom is -0.486 e. The number of hydrogen-bond donors (Lipinski definition) is 1. The van der Waals surface area contributed by atoms with E-state index < -0.39 is 6.04 Å². The van der Waals surface area contributed by atoms with Crippen LogP contribution in [0.25, 0.3) is 0 Å². The van der Waals surface area contributed by atoms with Crippen LogP contribution in [0.4, 0.5) is 0 Å². The van der Waals surface area contributed by atoms with Crippen LogP contribution < -0.4 is 5.73 Å². The van der Waals surface area contributed by atoms with Crippen LogP contribution in [0.1, 0.15) is 28.6 Å². The average Bonchev–Trinajstić information content (AvgIpc) is 3.28. The van der Waals surface area contributed by atoms with Crippen LogP contribution >= 0.6 is 0 Å². The van der Waals surface area contributed by atoms with Gasteiger partial charge >= 0.3 is 0 Å². The molecule has 1 atom stereocenters. The molecule has 3 aromatic rings. The number of rotatable bonds is 11. The Morgan fingerprint density at radius 1 is 1.07 bits per heavy atom. The highest BCUT2D eigenvalue weighted by atomic mass is 16.5. The summed E-state index contributed by atoms with van der Waals surface area (Å²) >= 11 is 0. The van der Waals surface area contributed by atoms with E-state index in [0.29, 0.717) is 23.8 Å². The van der Waals surface area contributed by atoms with Crippen LogP contribution in [0.2, 0.25) is 0 Å². The van der Waals surface area contributed by atoms with Gasteiger partial charge in [-0.3, -0.25) is 0 Å². The van der Waals surface area contributed by atoms with E-state index >= 15 is 0 Å². The summed E-state index contributed by atoms with van der Waals surface area (Å²) in [6.45, 7) is 4.72. The number of nitrogens with two attached hydrogens (primary N) is 1. The zero-order chi connectivity index (χ0) is 21.2. The fraction of sp³-hybridized carbons (Fsp3) is 0.174. The van der Waals surface area contributed by atoms with Crippen molar-refractivity contribution in [3.05, 3.63) is 118 Å². The lowest BCUT2D eigenvalue weighted by molar-refractivity contribution is 0.136. The van der Waals surface area contributed by atoms with Gasteiger partial charge in [-0.25, -0.2) is 0 Å². The zero-order valence-corrected chi connectivity index (χ0v) is 16.4. The van der Waals surface area contributed by atoms with Gasteiger partial charge < -0.3 is 19.7 Å². The van der Waals surface area contributed by atoms with E-state index in [-0.39, 0.29) is 18.9 Å². The Bertz CT molecular complexity index is 984. The molecule has 1 aromatic heterocycles. The predicted molar refractivity (Wildman–Crippen MR) is 113 cm³/mol. The van der Waals surface area contributed by atoms with Crippen molar-refractivity contribution in [2.75, 3.05) is 0 Å². The van der Waals surface area contributed by atoms with E-state index in [1.54, 1.807) is 6.07 Å². The van der Waals surface area contributed by atoms with Gasteiger partial charge in [0.1, 0.15) is 18.9 Å². The molecule has 7 nitrogen and oxygen atoms in total. The van der Waals surface area contributed by atoms with Gasteiger partial charge in [-0.05, 0) is 17.2 Å². The van der Waals surface area contributed by atoms with Gasteiger partial charge in [0.05, 0.1) is 6.54 Å². The fourth-order valence-electron chi connectivity index (χ4n) is 2.65. The molecule has 154 valence electrons. The predicted octanol–water partition coefficient (Wildman–Crippen LogP) is 4.77. The first-order chi connectivity index (χ1) is 14.7. The summed E-state index contributed by atoms with van der Waals surface area (Å²) in [6.07, 6.45) is 1.52. The van der Waals surface area contributed by atoms with E-state index in [2.05, 4.69) is 16.9 Å². The monoisotopic (exact) mass is 405 g/mol. The van der Waals surface area contributed by atoms with Crippen molar-refractivity contribution in [3.8, 4) is 0 Å². The van der Waals surface area contributed by atoms with Gasteiger partial charge in [-0.15, -0.1) is 4.91 Å². The summed E-state index contributed by atoms with van der Waals surface area (Å²) in [5.74, 6) is 1.04. The Labute approximate surface area is 174 Å². The maximum absolute atomic E-state index is 11.5. The highest BCUT2D eigenvalue weighted by molar-refractivity contribution is 5.25. The molecule has 30 heavy (non-hydrogen) atoms. The van der Waals surface area contributed by atoms with Crippen molar-refractivity contribution in [1.29, 1.82) is 0 Å². The minimum atomic E-state index is -0.933. The van der Waals surface area contributed by atoms with Gasteiger partial charge in [0, 0.05) is 6.07 Å². The third-order valence-corrected chi connectivity index (χ3v) is 4.27. The first-order valence-electron chi connectivity index (χ1n) is 9.42. The van der Waals surface area contributed by atoms with E-state index in [9.17, 15) is 4.91 Å². The molecule has 0 bridgehead atoms.